The molecule has 0 aliphatic heterocycles. The monoisotopic (exact) mass is 477 g/mol. The van der Waals surface area contributed by atoms with E-state index in [4.69, 9.17) is 13.9 Å². The average Bonchev–Trinajstić information content (AvgIpc) is 2.71. The molecule has 1 atom stereocenters. The van der Waals surface area contributed by atoms with Crippen molar-refractivity contribution in [3.05, 3.63) is 76.1 Å². The van der Waals surface area contributed by atoms with Crippen molar-refractivity contribution in [2.75, 3.05) is 0 Å². The van der Waals surface area contributed by atoms with Crippen LogP contribution in [0.25, 0.3) is 11.0 Å². The zero-order chi connectivity index (χ0) is 25.1. The Morgan fingerprint density at radius 3 is 2.32 bits per heavy atom. The summed E-state index contributed by atoms with van der Waals surface area (Å²) in [4.78, 5) is 36.7. The van der Waals surface area contributed by atoms with E-state index in [9.17, 15) is 27.6 Å². The van der Waals surface area contributed by atoms with E-state index in [-0.39, 0.29) is 17.6 Å². The fourth-order valence-electron chi connectivity index (χ4n) is 3.12. The lowest BCUT2D eigenvalue weighted by Gasteiger charge is -2.23. The number of halogens is 3. The third-order valence-electron chi connectivity index (χ3n) is 4.50. The summed E-state index contributed by atoms with van der Waals surface area (Å²) in [5, 5.41) is 2.10. The van der Waals surface area contributed by atoms with Crippen molar-refractivity contribution in [1.29, 1.82) is 0 Å². The van der Waals surface area contributed by atoms with E-state index in [1.54, 1.807) is 51.1 Å². The molecule has 1 heterocycles. The minimum absolute atomic E-state index is 0.0692. The van der Waals surface area contributed by atoms with Gasteiger partial charge in [-0.05, 0) is 38.5 Å². The number of hydrogen-bond acceptors (Lipinski definition) is 6. The van der Waals surface area contributed by atoms with Crippen LogP contribution in [0.3, 0.4) is 0 Å². The zero-order valence-electron chi connectivity index (χ0n) is 18.6. The first-order valence-corrected chi connectivity index (χ1v) is 10.2. The van der Waals surface area contributed by atoms with E-state index >= 15 is 0 Å². The first kappa shape index (κ1) is 24.8. The van der Waals surface area contributed by atoms with Gasteiger partial charge in [0.05, 0.1) is 5.56 Å². The standard InChI is InChI=1S/C24H22F3NO6/c1-23(2,3)34-22(31)28-18(11-14-7-5-4-6-8-14)21(30)32-15-9-10-16-17(24(25,26)27)13-20(29)33-19(16)12-15/h4-10,12-13,18H,11H2,1-3H3,(H,28,31)/t18-/m0/s1. The molecule has 0 fully saturated rings. The average molecular weight is 477 g/mol. The molecule has 34 heavy (non-hydrogen) atoms. The molecule has 3 rings (SSSR count). The largest absolute Gasteiger partial charge is 0.444 e. The fourth-order valence-corrected chi connectivity index (χ4v) is 3.12. The van der Waals surface area contributed by atoms with Crippen LogP contribution in [0.2, 0.25) is 0 Å². The number of benzene rings is 2. The second-order valence-corrected chi connectivity index (χ2v) is 8.44. The summed E-state index contributed by atoms with van der Waals surface area (Å²) in [5.41, 5.74) is -2.84. The Hall–Kier alpha value is -3.82. The number of ether oxygens (including phenoxy) is 2. The van der Waals surface area contributed by atoms with Crippen LogP contribution in [-0.2, 0) is 22.1 Å². The Balaban J connectivity index is 1.87. The van der Waals surface area contributed by atoms with Gasteiger partial charge in [-0.3, -0.25) is 0 Å². The smallest absolute Gasteiger partial charge is 0.417 e. The summed E-state index contributed by atoms with van der Waals surface area (Å²) in [5.74, 6) is -1.05. The van der Waals surface area contributed by atoms with Crippen LogP contribution in [0.1, 0.15) is 31.9 Å². The van der Waals surface area contributed by atoms with Crippen molar-refractivity contribution >= 4 is 23.0 Å². The van der Waals surface area contributed by atoms with Crippen molar-refractivity contribution in [2.24, 2.45) is 0 Å². The van der Waals surface area contributed by atoms with E-state index in [0.29, 0.717) is 6.07 Å². The molecule has 0 spiro atoms. The molecule has 0 bridgehead atoms. The molecule has 3 aromatic rings. The summed E-state index contributed by atoms with van der Waals surface area (Å²) in [7, 11) is 0. The van der Waals surface area contributed by atoms with Crippen LogP contribution in [0.5, 0.6) is 5.75 Å². The van der Waals surface area contributed by atoms with Gasteiger partial charge in [0.2, 0.25) is 0 Å². The highest BCUT2D eigenvalue weighted by Gasteiger charge is 2.34. The number of alkyl carbamates (subject to hydrolysis) is 1. The van der Waals surface area contributed by atoms with Gasteiger partial charge in [-0.25, -0.2) is 14.4 Å². The van der Waals surface area contributed by atoms with Crippen LogP contribution < -0.4 is 15.7 Å². The number of carbonyl (C=O) groups excluding carboxylic acids is 2. The molecular weight excluding hydrogens is 455 g/mol. The summed E-state index contributed by atoms with van der Waals surface area (Å²) >= 11 is 0. The maximum Gasteiger partial charge on any atom is 0.417 e. The number of rotatable bonds is 5. The highest BCUT2D eigenvalue weighted by atomic mass is 19.4. The lowest BCUT2D eigenvalue weighted by Crippen LogP contribution is -2.46. The Kier molecular flexibility index (Phi) is 6.99. The van der Waals surface area contributed by atoms with Gasteiger partial charge in [-0.2, -0.15) is 13.2 Å². The van der Waals surface area contributed by atoms with Crippen molar-refractivity contribution in [2.45, 2.75) is 45.0 Å². The van der Waals surface area contributed by atoms with Gasteiger partial charge >= 0.3 is 23.9 Å². The lowest BCUT2D eigenvalue weighted by molar-refractivity contribution is -0.137. The minimum Gasteiger partial charge on any atom is -0.444 e. The van der Waals surface area contributed by atoms with E-state index in [1.165, 1.54) is 0 Å². The molecule has 1 amide bonds. The van der Waals surface area contributed by atoms with Crippen LogP contribution in [0, 0.1) is 0 Å². The Morgan fingerprint density at radius 2 is 1.71 bits per heavy atom. The van der Waals surface area contributed by atoms with Crippen LogP contribution in [0.4, 0.5) is 18.0 Å². The summed E-state index contributed by atoms with van der Waals surface area (Å²) < 4.78 is 55.1. The molecular formula is C24H22F3NO6. The van der Waals surface area contributed by atoms with Crippen molar-refractivity contribution < 1.29 is 36.7 Å². The quantitative estimate of drug-likeness (QED) is 0.321. The normalized spacial score (nSPS) is 12.8. The third-order valence-corrected chi connectivity index (χ3v) is 4.50. The molecule has 1 N–H and O–H groups in total. The van der Waals surface area contributed by atoms with E-state index in [0.717, 1.165) is 23.8 Å². The van der Waals surface area contributed by atoms with Crippen molar-refractivity contribution in [1.82, 2.24) is 5.32 Å². The molecule has 0 unspecified atom stereocenters. The van der Waals surface area contributed by atoms with E-state index in [1.807, 2.05) is 0 Å². The summed E-state index contributed by atoms with van der Waals surface area (Å²) in [6, 6.07) is 11.2. The molecule has 1 aromatic heterocycles. The molecule has 0 saturated carbocycles. The molecule has 180 valence electrons. The maximum absolute atomic E-state index is 13.2. The first-order valence-electron chi connectivity index (χ1n) is 10.2. The highest BCUT2D eigenvalue weighted by molar-refractivity contribution is 5.86. The second kappa shape index (κ2) is 9.58. The minimum atomic E-state index is -4.77. The van der Waals surface area contributed by atoms with Gasteiger partial charge in [0.25, 0.3) is 0 Å². The summed E-state index contributed by atoms with van der Waals surface area (Å²) in [6.45, 7) is 4.99. The first-order chi connectivity index (χ1) is 15.8. The van der Waals surface area contributed by atoms with Gasteiger partial charge < -0.3 is 19.2 Å². The lowest BCUT2D eigenvalue weighted by atomic mass is 10.1. The number of alkyl halides is 3. The zero-order valence-corrected chi connectivity index (χ0v) is 18.6. The Bertz CT molecular complexity index is 1250. The van der Waals surface area contributed by atoms with Gasteiger partial charge in [-0.15, -0.1) is 0 Å². The fraction of sp³-hybridized carbons (Fsp3) is 0.292. The van der Waals surface area contributed by atoms with Crippen molar-refractivity contribution in [3.63, 3.8) is 0 Å². The van der Waals surface area contributed by atoms with Crippen LogP contribution in [0.15, 0.2) is 63.8 Å². The van der Waals surface area contributed by atoms with Crippen molar-refractivity contribution in [3.8, 4) is 5.75 Å². The molecule has 0 aliphatic carbocycles. The topological polar surface area (TPSA) is 94.8 Å². The Labute approximate surface area is 192 Å². The summed E-state index contributed by atoms with van der Waals surface area (Å²) in [6.07, 6.45) is -5.55. The number of fused-ring (bicyclic) bond motifs is 1. The molecule has 0 radical (unpaired) electrons. The third kappa shape index (κ3) is 6.60. The Morgan fingerprint density at radius 1 is 1.03 bits per heavy atom. The number of carbonyl (C=O) groups is 2. The van der Waals surface area contributed by atoms with Gasteiger partial charge in [0.15, 0.2) is 0 Å². The van der Waals surface area contributed by atoms with Gasteiger partial charge in [-0.1, -0.05) is 30.3 Å². The molecule has 2 aromatic carbocycles. The number of hydrogen-bond donors (Lipinski definition) is 1. The van der Waals surface area contributed by atoms with E-state index in [2.05, 4.69) is 5.32 Å². The maximum atomic E-state index is 13.2. The predicted molar refractivity (Wildman–Crippen MR) is 116 cm³/mol. The molecule has 0 aliphatic rings. The molecule has 0 saturated heterocycles. The second-order valence-electron chi connectivity index (χ2n) is 8.44. The molecule has 10 heteroatoms. The predicted octanol–water partition coefficient (Wildman–Crippen LogP) is 4.85. The molecule has 7 nitrogen and oxygen atoms in total. The van der Waals surface area contributed by atoms with Crippen LogP contribution in [-0.4, -0.2) is 23.7 Å². The number of nitrogens with one attached hydrogen (secondary N) is 1. The van der Waals surface area contributed by atoms with E-state index < -0.39 is 46.7 Å². The highest BCUT2D eigenvalue weighted by Crippen LogP contribution is 2.34. The van der Waals surface area contributed by atoms with Gasteiger partial charge in [0, 0.05) is 23.9 Å². The number of amides is 1. The van der Waals surface area contributed by atoms with Crippen LogP contribution >= 0.6 is 0 Å². The number of esters is 1. The SMILES string of the molecule is CC(C)(C)OC(=O)N[C@@H](Cc1ccccc1)C(=O)Oc1ccc2c(C(F)(F)F)cc(=O)oc2c1. The van der Waals surface area contributed by atoms with Gasteiger partial charge in [0.1, 0.15) is 23.0 Å².